The highest BCUT2D eigenvalue weighted by atomic mass is 16.5. The molecule has 0 radical (unpaired) electrons. The van der Waals surface area contributed by atoms with Crippen LogP contribution in [0, 0.1) is 5.41 Å². The van der Waals surface area contributed by atoms with Crippen LogP contribution in [-0.4, -0.2) is 13.7 Å². The van der Waals surface area contributed by atoms with Crippen LogP contribution >= 0.6 is 0 Å². The van der Waals surface area contributed by atoms with Crippen LogP contribution in [0.25, 0.3) is 0 Å². The molecule has 16 heavy (non-hydrogen) atoms. The zero-order chi connectivity index (χ0) is 11.4. The van der Waals surface area contributed by atoms with Gasteiger partial charge in [-0.05, 0) is 29.4 Å². The number of hydrogen-bond donors (Lipinski definition) is 1. The molecule has 1 aromatic carbocycles. The third-order valence-corrected chi connectivity index (χ3v) is 3.29. The highest BCUT2D eigenvalue weighted by Crippen LogP contribution is 2.44. The molecule has 0 unspecified atom stereocenters. The number of benzene rings is 1. The average Bonchev–Trinajstić information content (AvgIpc) is 2.98. The van der Waals surface area contributed by atoms with E-state index in [0.717, 1.165) is 13.1 Å². The summed E-state index contributed by atoms with van der Waals surface area (Å²) in [4.78, 5) is 0. The first-order valence-electron chi connectivity index (χ1n) is 5.99. The van der Waals surface area contributed by atoms with Crippen molar-refractivity contribution in [2.45, 2.75) is 32.9 Å². The first-order valence-corrected chi connectivity index (χ1v) is 5.99. The van der Waals surface area contributed by atoms with Gasteiger partial charge < -0.3 is 10.1 Å². The van der Waals surface area contributed by atoms with Crippen molar-refractivity contribution in [2.24, 2.45) is 5.41 Å². The molecule has 0 amide bonds. The fraction of sp³-hybridized carbons (Fsp3) is 0.571. The Kier molecular flexibility index (Phi) is 3.62. The van der Waals surface area contributed by atoms with Gasteiger partial charge in [0.05, 0.1) is 6.61 Å². The Bertz CT molecular complexity index is 344. The Morgan fingerprint density at radius 3 is 2.75 bits per heavy atom. The number of ether oxygens (including phenoxy) is 1. The molecule has 2 nitrogen and oxygen atoms in total. The summed E-state index contributed by atoms with van der Waals surface area (Å²) in [5.74, 6) is 0. The Hall–Kier alpha value is -0.860. The van der Waals surface area contributed by atoms with Crippen molar-refractivity contribution in [3.05, 3.63) is 35.4 Å². The second-order valence-electron chi connectivity index (χ2n) is 5.17. The minimum Gasteiger partial charge on any atom is -0.380 e. The van der Waals surface area contributed by atoms with E-state index in [2.05, 4.69) is 36.5 Å². The lowest BCUT2D eigenvalue weighted by Gasteiger charge is -2.10. The van der Waals surface area contributed by atoms with Crippen molar-refractivity contribution in [1.82, 2.24) is 5.32 Å². The van der Waals surface area contributed by atoms with Crippen LogP contribution in [0.5, 0.6) is 0 Å². The Morgan fingerprint density at radius 1 is 1.31 bits per heavy atom. The SMILES string of the molecule is COCc1cccc(CNCC2(C)CC2)c1. The van der Waals surface area contributed by atoms with Crippen LogP contribution in [-0.2, 0) is 17.9 Å². The molecule has 0 saturated heterocycles. The maximum atomic E-state index is 5.13. The van der Waals surface area contributed by atoms with Crippen LogP contribution in [0.3, 0.4) is 0 Å². The molecular weight excluding hydrogens is 198 g/mol. The van der Waals surface area contributed by atoms with Crippen molar-refractivity contribution in [3.63, 3.8) is 0 Å². The van der Waals surface area contributed by atoms with Crippen molar-refractivity contribution >= 4 is 0 Å². The van der Waals surface area contributed by atoms with E-state index in [1.807, 2.05) is 0 Å². The van der Waals surface area contributed by atoms with Crippen LogP contribution in [0.4, 0.5) is 0 Å². The van der Waals surface area contributed by atoms with E-state index >= 15 is 0 Å². The molecule has 0 spiro atoms. The van der Waals surface area contributed by atoms with Gasteiger partial charge in [-0.2, -0.15) is 0 Å². The predicted molar refractivity (Wildman–Crippen MR) is 66.2 cm³/mol. The molecule has 1 aromatic rings. The Labute approximate surface area is 98.0 Å². The van der Waals surface area contributed by atoms with Crippen LogP contribution in [0.1, 0.15) is 30.9 Å². The van der Waals surface area contributed by atoms with Gasteiger partial charge in [0.1, 0.15) is 0 Å². The van der Waals surface area contributed by atoms with Crippen molar-refractivity contribution in [2.75, 3.05) is 13.7 Å². The lowest BCUT2D eigenvalue weighted by molar-refractivity contribution is 0.185. The topological polar surface area (TPSA) is 21.3 Å². The fourth-order valence-electron chi connectivity index (χ4n) is 1.89. The molecule has 1 N–H and O–H groups in total. The largest absolute Gasteiger partial charge is 0.380 e. The molecule has 2 heteroatoms. The first kappa shape index (κ1) is 11.6. The summed E-state index contributed by atoms with van der Waals surface area (Å²) >= 11 is 0. The van der Waals surface area contributed by atoms with E-state index in [4.69, 9.17) is 4.74 Å². The summed E-state index contributed by atoms with van der Waals surface area (Å²) < 4.78 is 5.13. The molecule has 0 bridgehead atoms. The van der Waals surface area contributed by atoms with Crippen molar-refractivity contribution in [1.29, 1.82) is 0 Å². The predicted octanol–water partition coefficient (Wildman–Crippen LogP) is 2.72. The van der Waals surface area contributed by atoms with Crippen LogP contribution < -0.4 is 5.32 Å². The van der Waals surface area contributed by atoms with Crippen LogP contribution in [0.2, 0.25) is 0 Å². The number of rotatable bonds is 6. The van der Waals surface area contributed by atoms with Gasteiger partial charge in [0, 0.05) is 20.2 Å². The molecule has 88 valence electrons. The Balaban J connectivity index is 1.81. The molecule has 0 aromatic heterocycles. The zero-order valence-electron chi connectivity index (χ0n) is 10.3. The first-order chi connectivity index (χ1) is 7.72. The van der Waals surface area contributed by atoms with E-state index < -0.39 is 0 Å². The lowest BCUT2D eigenvalue weighted by atomic mass is 10.1. The number of hydrogen-bond acceptors (Lipinski definition) is 2. The van der Waals surface area contributed by atoms with E-state index in [9.17, 15) is 0 Å². The van der Waals surface area contributed by atoms with E-state index in [-0.39, 0.29) is 0 Å². The fourth-order valence-corrected chi connectivity index (χ4v) is 1.89. The van der Waals surface area contributed by atoms with Gasteiger partial charge in [0.15, 0.2) is 0 Å². The second kappa shape index (κ2) is 4.98. The van der Waals surface area contributed by atoms with Crippen molar-refractivity contribution < 1.29 is 4.74 Å². The normalized spacial score (nSPS) is 17.4. The summed E-state index contributed by atoms with van der Waals surface area (Å²) in [6, 6.07) is 8.59. The molecule has 1 aliphatic carbocycles. The van der Waals surface area contributed by atoms with Gasteiger partial charge >= 0.3 is 0 Å². The molecule has 1 aliphatic rings. The molecule has 2 rings (SSSR count). The molecular formula is C14H21NO. The number of methoxy groups -OCH3 is 1. The van der Waals surface area contributed by atoms with Gasteiger partial charge in [0.25, 0.3) is 0 Å². The maximum absolute atomic E-state index is 5.13. The second-order valence-corrected chi connectivity index (χ2v) is 5.17. The van der Waals surface area contributed by atoms with Gasteiger partial charge in [-0.3, -0.25) is 0 Å². The van der Waals surface area contributed by atoms with E-state index in [1.165, 1.54) is 24.0 Å². The van der Waals surface area contributed by atoms with E-state index in [0.29, 0.717) is 12.0 Å². The summed E-state index contributed by atoms with van der Waals surface area (Å²) in [7, 11) is 1.73. The third kappa shape index (κ3) is 3.32. The van der Waals surface area contributed by atoms with Crippen molar-refractivity contribution in [3.8, 4) is 0 Å². The van der Waals surface area contributed by atoms with Gasteiger partial charge in [0.2, 0.25) is 0 Å². The summed E-state index contributed by atoms with van der Waals surface area (Å²) in [5, 5.41) is 3.53. The quantitative estimate of drug-likeness (QED) is 0.794. The molecule has 0 aliphatic heterocycles. The monoisotopic (exact) mass is 219 g/mol. The molecule has 1 saturated carbocycles. The molecule has 0 heterocycles. The highest BCUT2D eigenvalue weighted by molar-refractivity contribution is 5.22. The zero-order valence-corrected chi connectivity index (χ0v) is 10.3. The lowest BCUT2D eigenvalue weighted by Crippen LogP contribution is -2.21. The summed E-state index contributed by atoms with van der Waals surface area (Å²) in [6.45, 7) is 5.15. The molecule has 0 atom stereocenters. The van der Waals surface area contributed by atoms with Gasteiger partial charge in [-0.25, -0.2) is 0 Å². The highest BCUT2D eigenvalue weighted by Gasteiger charge is 2.36. The average molecular weight is 219 g/mol. The Morgan fingerprint density at radius 2 is 2.06 bits per heavy atom. The standard InChI is InChI=1S/C14H21NO/c1-14(6-7-14)11-15-9-12-4-3-5-13(8-12)10-16-2/h3-5,8,15H,6-7,9-11H2,1-2H3. The number of nitrogens with one attached hydrogen (secondary N) is 1. The minimum atomic E-state index is 0.587. The minimum absolute atomic E-state index is 0.587. The maximum Gasteiger partial charge on any atom is 0.0713 e. The van der Waals surface area contributed by atoms with Gasteiger partial charge in [-0.15, -0.1) is 0 Å². The summed E-state index contributed by atoms with van der Waals surface area (Å²) in [5.41, 5.74) is 3.18. The molecule has 1 fully saturated rings. The third-order valence-electron chi connectivity index (χ3n) is 3.29. The van der Waals surface area contributed by atoms with Gasteiger partial charge in [-0.1, -0.05) is 31.2 Å². The van der Waals surface area contributed by atoms with E-state index in [1.54, 1.807) is 7.11 Å². The smallest absolute Gasteiger partial charge is 0.0713 e. The summed E-state index contributed by atoms with van der Waals surface area (Å²) in [6.07, 6.45) is 2.76. The van der Waals surface area contributed by atoms with Crippen LogP contribution in [0.15, 0.2) is 24.3 Å².